The fourth-order valence-corrected chi connectivity index (χ4v) is 5.53. The minimum Gasteiger partial charge on any atom is -0.492 e. The van der Waals surface area contributed by atoms with E-state index in [1.54, 1.807) is 18.2 Å². The average Bonchev–Trinajstić information content (AvgIpc) is 3.29. The van der Waals surface area contributed by atoms with Crippen LogP contribution in [0.2, 0.25) is 0 Å². The van der Waals surface area contributed by atoms with Crippen LogP contribution in [0.5, 0.6) is 11.5 Å². The van der Waals surface area contributed by atoms with Gasteiger partial charge in [-0.15, -0.1) is 12.4 Å². The molecule has 1 atom stereocenters. The van der Waals surface area contributed by atoms with Crippen molar-refractivity contribution in [3.05, 3.63) is 89.1 Å². The minimum atomic E-state index is -3.54. The van der Waals surface area contributed by atoms with Crippen molar-refractivity contribution in [2.75, 3.05) is 30.7 Å². The van der Waals surface area contributed by atoms with Crippen molar-refractivity contribution in [1.29, 1.82) is 0 Å². The third-order valence-corrected chi connectivity index (χ3v) is 7.47. The quantitative estimate of drug-likeness (QED) is 0.172. The number of anilines is 1. The normalized spacial score (nSPS) is 13.8. The molecule has 0 saturated carbocycles. The lowest BCUT2D eigenvalue weighted by molar-refractivity contribution is 0.172. The van der Waals surface area contributed by atoms with E-state index in [0.717, 1.165) is 35.9 Å². The summed E-state index contributed by atoms with van der Waals surface area (Å²) in [7, 11) is -3.54. The molecule has 0 amide bonds. The molecule has 10 heteroatoms. The lowest BCUT2D eigenvalue weighted by atomic mass is 9.96. The van der Waals surface area contributed by atoms with Gasteiger partial charge in [-0.05, 0) is 66.6 Å². The van der Waals surface area contributed by atoms with E-state index in [-0.39, 0.29) is 24.6 Å². The van der Waals surface area contributed by atoms with E-state index in [9.17, 15) is 13.5 Å². The van der Waals surface area contributed by atoms with E-state index in [0.29, 0.717) is 31.1 Å². The number of benzene rings is 3. The average molecular weight is 586 g/mol. The summed E-state index contributed by atoms with van der Waals surface area (Å²) in [6.45, 7) is 1.57. The molecule has 5 rings (SSSR count). The molecule has 4 aromatic rings. The Hall–Kier alpha value is -3.24. The summed E-state index contributed by atoms with van der Waals surface area (Å²) in [6, 6.07) is 20.8. The van der Waals surface area contributed by atoms with Gasteiger partial charge in [0.1, 0.15) is 24.7 Å². The van der Waals surface area contributed by atoms with Crippen LogP contribution in [0.25, 0.3) is 10.9 Å². The standard InChI is InChI=1S/C30H35N3O5S.ClH/c1-39(35,36)33-28-17-22(11-14-30(28)38-20-21-7-3-2-4-8-21)29(34)19-31-15-16-37-23-12-13-25-24-9-5-6-10-26(24)32-27(25)18-23;/h2-4,7-8,11-14,17-18,29,31-34H,5-6,9-10,15-16,19-20H2,1H3;1H/t29-;/m0./s1. The molecule has 1 aromatic heterocycles. The van der Waals surface area contributed by atoms with E-state index in [1.165, 1.54) is 29.5 Å². The van der Waals surface area contributed by atoms with Crippen molar-refractivity contribution >= 4 is 39.0 Å². The summed E-state index contributed by atoms with van der Waals surface area (Å²) in [6.07, 6.45) is 4.98. The van der Waals surface area contributed by atoms with Crippen LogP contribution in [0.4, 0.5) is 5.69 Å². The largest absolute Gasteiger partial charge is 0.492 e. The fraction of sp³-hybridized carbons (Fsp3) is 0.333. The van der Waals surface area contributed by atoms with Crippen molar-refractivity contribution in [2.45, 2.75) is 38.4 Å². The first-order valence-electron chi connectivity index (χ1n) is 13.3. The number of halogens is 1. The number of H-pyrrole nitrogens is 1. The zero-order valence-electron chi connectivity index (χ0n) is 22.5. The number of hydrogen-bond donors (Lipinski definition) is 4. The molecular formula is C30H36ClN3O5S. The summed E-state index contributed by atoms with van der Waals surface area (Å²) < 4.78 is 38.2. The third-order valence-electron chi connectivity index (χ3n) is 6.88. The van der Waals surface area contributed by atoms with Crippen LogP contribution < -0.4 is 19.5 Å². The van der Waals surface area contributed by atoms with Crippen LogP contribution in [-0.2, 0) is 29.5 Å². The van der Waals surface area contributed by atoms with Gasteiger partial charge in [0.05, 0.1) is 18.0 Å². The van der Waals surface area contributed by atoms with Crippen LogP contribution in [-0.4, -0.2) is 44.5 Å². The second kappa shape index (κ2) is 13.4. The van der Waals surface area contributed by atoms with Gasteiger partial charge >= 0.3 is 0 Å². The Kier molecular flexibility index (Phi) is 9.97. The molecule has 0 bridgehead atoms. The Morgan fingerprint density at radius 1 is 1.00 bits per heavy atom. The van der Waals surface area contributed by atoms with Crippen molar-refractivity contribution in [2.24, 2.45) is 0 Å². The van der Waals surface area contributed by atoms with Crippen LogP contribution in [0, 0.1) is 0 Å². The molecular weight excluding hydrogens is 550 g/mol. The van der Waals surface area contributed by atoms with Crippen LogP contribution in [0.1, 0.15) is 41.3 Å². The molecule has 0 unspecified atom stereocenters. The van der Waals surface area contributed by atoms with Gasteiger partial charge in [0.25, 0.3) is 0 Å². The molecule has 0 fully saturated rings. The van der Waals surface area contributed by atoms with Crippen LogP contribution >= 0.6 is 12.4 Å². The highest BCUT2D eigenvalue weighted by atomic mass is 35.5. The third kappa shape index (κ3) is 7.69. The molecule has 1 aliphatic carbocycles. The zero-order chi connectivity index (χ0) is 27.2. The van der Waals surface area contributed by atoms with Crippen molar-refractivity contribution in [1.82, 2.24) is 10.3 Å². The summed E-state index contributed by atoms with van der Waals surface area (Å²) in [5.41, 5.74) is 5.75. The van der Waals surface area contributed by atoms with Gasteiger partial charge in [-0.3, -0.25) is 4.72 Å². The topological polar surface area (TPSA) is 113 Å². The predicted molar refractivity (Wildman–Crippen MR) is 161 cm³/mol. The number of rotatable bonds is 12. The van der Waals surface area contributed by atoms with Crippen molar-refractivity contribution < 1.29 is 23.0 Å². The lowest BCUT2D eigenvalue weighted by Crippen LogP contribution is -2.26. The number of aromatic nitrogens is 1. The number of aromatic amines is 1. The molecule has 0 spiro atoms. The van der Waals surface area contributed by atoms with Gasteiger partial charge in [0.2, 0.25) is 10.0 Å². The zero-order valence-corrected chi connectivity index (χ0v) is 24.1. The number of sulfonamides is 1. The van der Waals surface area contributed by atoms with Crippen molar-refractivity contribution in [3.63, 3.8) is 0 Å². The fourth-order valence-electron chi connectivity index (χ4n) is 4.98. The molecule has 1 heterocycles. The van der Waals surface area contributed by atoms with Gasteiger partial charge in [0.15, 0.2) is 0 Å². The maximum absolute atomic E-state index is 11.9. The van der Waals surface area contributed by atoms with Gasteiger partial charge in [0, 0.05) is 35.8 Å². The molecule has 0 radical (unpaired) electrons. The lowest BCUT2D eigenvalue weighted by Gasteiger charge is -2.17. The maximum atomic E-state index is 11.9. The molecule has 3 aromatic carbocycles. The van der Waals surface area contributed by atoms with Gasteiger partial charge in [-0.25, -0.2) is 8.42 Å². The summed E-state index contributed by atoms with van der Waals surface area (Å²) in [5, 5.41) is 15.2. The number of aryl methyl sites for hydroxylation is 2. The summed E-state index contributed by atoms with van der Waals surface area (Å²) >= 11 is 0. The van der Waals surface area contributed by atoms with E-state index in [4.69, 9.17) is 9.47 Å². The van der Waals surface area contributed by atoms with Gasteiger partial charge in [-0.1, -0.05) is 36.4 Å². The Morgan fingerprint density at radius 3 is 2.60 bits per heavy atom. The Bertz CT molecular complexity index is 1530. The minimum absolute atomic E-state index is 0. The first-order chi connectivity index (χ1) is 18.9. The number of aliphatic hydroxyl groups excluding tert-OH is 1. The van der Waals surface area contributed by atoms with E-state index >= 15 is 0 Å². The van der Waals surface area contributed by atoms with Gasteiger partial charge < -0.3 is 24.9 Å². The maximum Gasteiger partial charge on any atom is 0.229 e. The second-order valence-corrected chi connectivity index (χ2v) is 11.7. The molecule has 40 heavy (non-hydrogen) atoms. The Balaban J connectivity index is 0.00000370. The van der Waals surface area contributed by atoms with Crippen LogP contribution in [0.3, 0.4) is 0 Å². The highest BCUT2D eigenvalue weighted by Gasteiger charge is 2.16. The molecule has 0 aliphatic heterocycles. The summed E-state index contributed by atoms with van der Waals surface area (Å²) in [5.74, 6) is 1.20. The molecule has 8 nitrogen and oxygen atoms in total. The molecule has 4 N–H and O–H groups in total. The number of fused-ring (bicyclic) bond motifs is 3. The number of aliphatic hydroxyl groups is 1. The van der Waals surface area contributed by atoms with Crippen LogP contribution in [0.15, 0.2) is 66.7 Å². The molecule has 214 valence electrons. The monoisotopic (exact) mass is 585 g/mol. The number of hydrogen-bond acceptors (Lipinski definition) is 6. The van der Waals surface area contributed by atoms with E-state index in [1.807, 2.05) is 36.4 Å². The molecule has 1 aliphatic rings. The highest BCUT2D eigenvalue weighted by molar-refractivity contribution is 7.92. The smallest absolute Gasteiger partial charge is 0.229 e. The number of nitrogens with one attached hydrogen (secondary N) is 3. The first-order valence-corrected chi connectivity index (χ1v) is 15.2. The molecule has 0 saturated heterocycles. The Morgan fingerprint density at radius 2 is 1.80 bits per heavy atom. The SMILES string of the molecule is CS(=O)(=O)Nc1cc([C@@H](O)CNCCOc2ccc3c4c([nH]c3c2)CCCC4)ccc1OCc1ccccc1.Cl. The number of ether oxygens (including phenoxy) is 2. The summed E-state index contributed by atoms with van der Waals surface area (Å²) in [4.78, 5) is 3.55. The van der Waals surface area contributed by atoms with E-state index < -0.39 is 16.1 Å². The van der Waals surface area contributed by atoms with E-state index in [2.05, 4.69) is 27.2 Å². The highest BCUT2D eigenvalue weighted by Crippen LogP contribution is 2.32. The van der Waals surface area contributed by atoms with Crippen molar-refractivity contribution in [3.8, 4) is 11.5 Å². The van der Waals surface area contributed by atoms with Gasteiger partial charge in [-0.2, -0.15) is 0 Å². The second-order valence-electron chi connectivity index (χ2n) is 9.97. The predicted octanol–water partition coefficient (Wildman–Crippen LogP) is 5.12. The first kappa shape index (κ1) is 29.7. The Labute approximate surface area is 241 Å².